The Hall–Kier alpha value is -0.600. The number of methoxy groups -OCH3 is 1. The van der Waals surface area contributed by atoms with Crippen LogP contribution in [0.4, 0.5) is 5.69 Å². The molecule has 0 atom stereocenters. The van der Waals surface area contributed by atoms with E-state index in [9.17, 15) is 4.79 Å². The number of amides is 1. The second-order valence-corrected chi connectivity index (χ2v) is 6.77. The number of nitrogens with one attached hydrogen (secondary N) is 1. The lowest BCUT2D eigenvalue weighted by Crippen LogP contribution is -2.13. The summed E-state index contributed by atoms with van der Waals surface area (Å²) in [5, 5.41) is 2.88. The molecule has 0 aliphatic rings. The number of carbonyl (C=O) groups excluding carboxylic acids is 1. The SMILES string of the molecule is COc1cc(NC(=O)c2ccccc2I)c(Br)cc1Br. The van der Waals surface area contributed by atoms with Gasteiger partial charge in [-0.1, -0.05) is 12.1 Å². The van der Waals surface area contributed by atoms with Gasteiger partial charge in [-0.3, -0.25) is 4.79 Å². The molecule has 0 aromatic heterocycles. The van der Waals surface area contributed by atoms with Crippen LogP contribution in [0, 0.1) is 3.57 Å². The molecule has 0 fully saturated rings. The summed E-state index contributed by atoms with van der Waals surface area (Å²) in [4.78, 5) is 12.3. The largest absolute Gasteiger partial charge is 0.495 e. The van der Waals surface area contributed by atoms with E-state index in [0.29, 0.717) is 17.0 Å². The Morgan fingerprint density at radius 3 is 2.55 bits per heavy atom. The molecule has 0 radical (unpaired) electrons. The van der Waals surface area contributed by atoms with Crippen molar-refractivity contribution < 1.29 is 9.53 Å². The Kier molecular flexibility index (Phi) is 5.45. The summed E-state index contributed by atoms with van der Waals surface area (Å²) in [6.45, 7) is 0. The molecule has 3 nitrogen and oxygen atoms in total. The van der Waals surface area contributed by atoms with Gasteiger partial charge in [0.2, 0.25) is 0 Å². The van der Waals surface area contributed by atoms with Gasteiger partial charge in [0.15, 0.2) is 0 Å². The molecule has 0 aliphatic carbocycles. The molecule has 104 valence electrons. The minimum absolute atomic E-state index is 0.153. The summed E-state index contributed by atoms with van der Waals surface area (Å²) < 4.78 is 7.74. The Labute approximate surface area is 147 Å². The van der Waals surface area contributed by atoms with Crippen molar-refractivity contribution in [3.63, 3.8) is 0 Å². The zero-order chi connectivity index (χ0) is 14.7. The maximum absolute atomic E-state index is 12.3. The number of hydrogen-bond acceptors (Lipinski definition) is 2. The lowest BCUT2D eigenvalue weighted by atomic mass is 10.2. The van der Waals surface area contributed by atoms with E-state index in [1.807, 2.05) is 24.3 Å². The zero-order valence-electron chi connectivity index (χ0n) is 10.4. The van der Waals surface area contributed by atoms with Crippen LogP contribution in [0.3, 0.4) is 0 Å². The van der Waals surface area contributed by atoms with Gasteiger partial charge in [0.25, 0.3) is 5.91 Å². The average molecular weight is 511 g/mol. The molecule has 2 aromatic carbocycles. The highest BCUT2D eigenvalue weighted by Gasteiger charge is 2.13. The quantitative estimate of drug-likeness (QED) is 0.585. The number of rotatable bonds is 3. The predicted molar refractivity (Wildman–Crippen MR) is 95.5 cm³/mol. The fourth-order valence-electron chi connectivity index (χ4n) is 1.62. The summed E-state index contributed by atoms with van der Waals surface area (Å²) in [6, 6.07) is 11.0. The van der Waals surface area contributed by atoms with Crippen molar-refractivity contribution in [3.8, 4) is 5.75 Å². The highest BCUT2D eigenvalue weighted by molar-refractivity contribution is 14.1. The van der Waals surface area contributed by atoms with Crippen LogP contribution in [-0.4, -0.2) is 13.0 Å². The number of ether oxygens (including phenoxy) is 1. The van der Waals surface area contributed by atoms with E-state index in [1.54, 1.807) is 19.2 Å². The molecule has 0 saturated heterocycles. The van der Waals surface area contributed by atoms with Crippen molar-refractivity contribution in [2.24, 2.45) is 0 Å². The van der Waals surface area contributed by atoms with Crippen LogP contribution in [0.1, 0.15) is 10.4 Å². The van der Waals surface area contributed by atoms with Gasteiger partial charge in [0.1, 0.15) is 5.75 Å². The molecule has 0 aliphatic heterocycles. The van der Waals surface area contributed by atoms with Crippen LogP contribution in [0.25, 0.3) is 0 Å². The van der Waals surface area contributed by atoms with Crippen molar-refractivity contribution in [2.45, 2.75) is 0 Å². The number of anilines is 1. The molecule has 0 bridgehead atoms. The molecule has 2 rings (SSSR count). The predicted octanol–water partition coefficient (Wildman–Crippen LogP) is 5.08. The van der Waals surface area contributed by atoms with Gasteiger partial charge >= 0.3 is 0 Å². The Morgan fingerprint density at radius 2 is 1.90 bits per heavy atom. The second-order valence-electron chi connectivity index (χ2n) is 3.90. The molecule has 0 heterocycles. The standard InChI is InChI=1S/C14H10Br2INO2/c1-20-13-7-12(9(15)6-10(13)16)18-14(19)8-4-2-3-5-11(8)17/h2-7H,1H3,(H,18,19). The highest BCUT2D eigenvalue weighted by atomic mass is 127. The summed E-state index contributed by atoms with van der Waals surface area (Å²) >= 11 is 8.96. The molecule has 20 heavy (non-hydrogen) atoms. The molecule has 0 unspecified atom stereocenters. The van der Waals surface area contributed by atoms with Gasteiger partial charge in [-0.15, -0.1) is 0 Å². The van der Waals surface area contributed by atoms with Crippen LogP contribution in [0.15, 0.2) is 45.3 Å². The normalized spacial score (nSPS) is 10.2. The summed E-state index contributed by atoms with van der Waals surface area (Å²) in [5.41, 5.74) is 1.30. The summed E-state index contributed by atoms with van der Waals surface area (Å²) in [7, 11) is 1.58. The lowest BCUT2D eigenvalue weighted by molar-refractivity contribution is 0.102. The number of halogens is 3. The van der Waals surface area contributed by atoms with E-state index < -0.39 is 0 Å². The number of benzene rings is 2. The van der Waals surface area contributed by atoms with Crippen molar-refractivity contribution in [1.29, 1.82) is 0 Å². The average Bonchev–Trinajstić information content (AvgIpc) is 2.42. The first-order chi connectivity index (χ1) is 9.52. The highest BCUT2D eigenvalue weighted by Crippen LogP contribution is 2.34. The second kappa shape index (κ2) is 6.91. The van der Waals surface area contributed by atoms with Gasteiger partial charge in [-0.05, 0) is 72.6 Å². The monoisotopic (exact) mass is 509 g/mol. The van der Waals surface area contributed by atoms with Gasteiger partial charge in [-0.25, -0.2) is 0 Å². The topological polar surface area (TPSA) is 38.3 Å². The first-order valence-corrected chi connectivity index (χ1v) is 8.28. The fourth-order valence-corrected chi connectivity index (χ4v) is 3.50. The van der Waals surface area contributed by atoms with E-state index in [4.69, 9.17) is 4.74 Å². The van der Waals surface area contributed by atoms with Crippen LogP contribution in [0.5, 0.6) is 5.75 Å². The maximum Gasteiger partial charge on any atom is 0.256 e. The lowest BCUT2D eigenvalue weighted by Gasteiger charge is -2.11. The van der Waals surface area contributed by atoms with Crippen LogP contribution in [0.2, 0.25) is 0 Å². The third-order valence-corrected chi connectivity index (χ3v) is 4.82. The molecule has 1 N–H and O–H groups in total. The third-order valence-electron chi connectivity index (χ3n) is 2.61. The van der Waals surface area contributed by atoms with Crippen molar-refractivity contribution in [2.75, 3.05) is 12.4 Å². The maximum atomic E-state index is 12.3. The Bertz CT molecular complexity index is 662. The molecule has 2 aromatic rings. The minimum Gasteiger partial charge on any atom is -0.495 e. The Morgan fingerprint density at radius 1 is 1.20 bits per heavy atom. The van der Waals surface area contributed by atoms with E-state index in [2.05, 4.69) is 59.8 Å². The van der Waals surface area contributed by atoms with Crippen molar-refractivity contribution in [1.82, 2.24) is 0 Å². The molecule has 6 heteroatoms. The van der Waals surface area contributed by atoms with Crippen LogP contribution < -0.4 is 10.1 Å². The Balaban J connectivity index is 2.31. The third kappa shape index (κ3) is 3.53. The van der Waals surface area contributed by atoms with Gasteiger partial charge in [0, 0.05) is 14.1 Å². The van der Waals surface area contributed by atoms with Crippen LogP contribution in [-0.2, 0) is 0 Å². The van der Waals surface area contributed by atoms with E-state index in [-0.39, 0.29) is 5.91 Å². The number of hydrogen-bond donors (Lipinski definition) is 1. The van der Waals surface area contributed by atoms with Gasteiger partial charge in [0.05, 0.1) is 22.8 Å². The number of carbonyl (C=O) groups is 1. The van der Waals surface area contributed by atoms with E-state index in [0.717, 1.165) is 12.5 Å². The molecular formula is C14H10Br2INO2. The first-order valence-electron chi connectivity index (χ1n) is 5.62. The van der Waals surface area contributed by atoms with Gasteiger partial charge in [-0.2, -0.15) is 0 Å². The summed E-state index contributed by atoms with van der Waals surface area (Å²) in [6.07, 6.45) is 0. The van der Waals surface area contributed by atoms with Gasteiger partial charge < -0.3 is 10.1 Å². The molecule has 1 amide bonds. The molecule has 0 saturated carbocycles. The first kappa shape index (κ1) is 15.8. The zero-order valence-corrected chi connectivity index (χ0v) is 15.7. The fraction of sp³-hybridized carbons (Fsp3) is 0.0714. The molecule has 0 spiro atoms. The minimum atomic E-state index is -0.153. The smallest absolute Gasteiger partial charge is 0.256 e. The van der Waals surface area contributed by atoms with Crippen molar-refractivity contribution in [3.05, 3.63) is 54.5 Å². The summed E-state index contributed by atoms with van der Waals surface area (Å²) in [5.74, 6) is 0.506. The molecular weight excluding hydrogens is 501 g/mol. The van der Waals surface area contributed by atoms with Crippen molar-refractivity contribution >= 4 is 66.0 Å². The van der Waals surface area contributed by atoms with E-state index >= 15 is 0 Å². The van der Waals surface area contributed by atoms with E-state index in [1.165, 1.54) is 0 Å². The van der Waals surface area contributed by atoms with Crippen LogP contribution >= 0.6 is 54.5 Å².